The van der Waals surface area contributed by atoms with Gasteiger partial charge in [0.1, 0.15) is 17.2 Å². The first-order valence-electron chi connectivity index (χ1n) is 10.4. The van der Waals surface area contributed by atoms with E-state index in [0.29, 0.717) is 17.0 Å². The Morgan fingerprint density at radius 3 is 2.77 bits per heavy atom. The second-order valence-electron chi connectivity index (χ2n) is 7.74. The third-order valence-corrected chi connectivity index (χ3v) is 6.55. The number of benzene rings is 1. The number of amides is 1. The molecule has 0 radical (unpaired) electrons. The highest BCUT2D eigenvalue weighted by Gasteiger charge is 2.23. The molecular formula is C22H23N7OS. The molecule has 3 aromatic heterocycles. The highest BCUT2D eigenvalue weighted by Crippen LogP contribution is 2.32. The zero-order valence-corrected chi connectivity index (χ0v) is 18.0. The Morgan fingerprint density at radius 2 is 1.97 bits per heavy atom. The Balaban J connectivity index is 1.38. The fourth-order valence-corrected chi connectivity index (χ4v) is 4.82. The molecule has 1 aliphatic carbocycles. The number of carbonyl (C=O) groups is 1. The molecule has 1 saturated carbocycles. The number of nitrogens with zero attached hydrogens (tertiary/aromatic N) is 6. The Bertz CT molecular complexity index is 1210. The van der Waals surface area contributed by atoms with Gasteiger partial charge in [0.2, 0.25) is 11.1 Å². The van der Waals surface area contributed by atoms with E-state index in [-0.39, 0.29) is 11.7 Å². The van der Waals surface area contributed by atoms with Crippen molar-refractivity contribution >= 4 is 29.1 Å². The van der Waals surface area contributed by atoms with Crippen LogP contribution in [-0.4, -0.2) is 41.3 Å². The molecule has 0 unspecified atom stereocenters. The molecule has 0 saturated heterocycles. The lowest BCUT2D eigenvalue weighted by atomic mass is 10.1. The number of pyridine rings is 1. The van der Waals surface area contributed by atoms with Gasteiger partial charge in [-0.3, -0.25) is 9.20 Å². The predicted molar refractivity (Wildman–Crippen MR) is 120 cm³/mol. The molecule has 9 heteroatoms. The predicted octanol–water partition coefficient (Wildman–Crippen LogP) is 4.14. The number of imidazole rings is 1. The van der Waals surface area contributed by atoms with Gasteiger partial charge in [-0.2, -0.15) is 0 Å². The maximum atomic E-state index is 12.9. The van der Waals surface area contributed by atoms with Crippen LogP contribution < -0.4 is 5.32 Å². The second kappa shape index (κ2) is 8.50. The average molecular weight is 434 g/mol. The number of aromatic nitrogens is 6. The fraction of sp³-hybridized carbons (Fsp3) is 0.318. The molecule has 1 amide bonds. The second-order valence-corrected chi connectivity index (χ2v) is 8.68. The quantitative estimate of drug-likeness (QED) is 0.460. The van der Waals surface area contributed by atoms with Crippen molar-refractivity contribution in [3.8, 4) is 11.3 Å². The van der Waals surface area contributed by atoms with Crippen molar-refractivity contribution in [2.45, 2.75) is 43.8 Å². The number of anilines is 1. The molecule has 5 rings (SSSR count). The minimum atomic E-state index is -0.119. The molecule has 1 aliphatic rings. The Morgan fingerprint density at radius 1 is 1.16 bits per heavy atom. The van der Waals surface area contributed by atoms with Crippen LogP contribution in [-0.2, 0) is 4.79 Å². The zero-order valence-electron chi connectivity index (χ0n) is 17.2. The summed E-state index contributed by atoms with van der Waals surface area (Å²) in [5.41, 5.74) is 3.59. The molecule has 158 valence electrons. The van der Waals surface area contributed by atoms with E-state index in [1.54, 1.807) is 0 Å². The Kier molecular flexibility index (Phi) is 5.42. The van der Waals surface area contributed by atoms with E-state index in [0.717, 1.165) is 35.3 Å². The van der Waals surface area contributed by atoms with Gasteiger partial charge in [0.25, 0.3) is 0 Å². The molecular weight excluding hydrogens is 410 g/mol. The lowest BCUT2D eigenvalue weighted by Gasteiger charge is -2.11. The van der Waals surface area contributed by atoms with E-state index in [1.807, 2.05) is 64.7 Å². The number of tetrazole rings is 1. The van der Waals surface area contributed by atoms with Gasteiger partial charge in [-0.15, -0.1) is 5.10 Å². The van der Waals surface area contributed by atoms with Crippen molar-refractivity contribution in [2.24, 2.45) is 0 Å². The number of aryl methyl sites for hydroxylation is 1. The molecule has 1 fully saturated rings. The Hall–Kier alpha value is -3.20. The van der Waals surface area contributed by atoms with Gasteiger partial charge in [-0.25, -0.2) is 9.67 Å². The number of rotatable bonds is 6. The minimum Gasteiger partial charge on any atom is -0.309 e. The minimum absolute atomic E-state index is 0.119. The molecule has 0 bridgehead atoms. The average Bonchev–Trinajstić information content (AvgIpc) is 3.53. The van der Waals surface area contributed by atoms with Gasteiger partial charge in [0, 0.05) is 11.8 Å². The normalized spacial score (nSPS) is 14.4. The monoisotopic (exact) mass is 433 g/mol. The number of nitrogens with one attached hydrogen (secondary N) is 1. The SMILES string of the molecule is Cc1cccn2c(NC(=O)CSc3nnnn3C3CCCC3)c(-c3ccccc3)nc12. The van der Waals surface area contributed by atoms with Crippen molar-refractivity contribution in [3.63, 3.8) is 0 Å². The molecule has 0 aliphatic heterocycles. The Labute approximate surface area is 184 Å². The van der Waals surface area contributed by atoms with Crippen molar-refractivity contribution in [1.29, 1.82) is 0 Å². The third-order valence-electron chi connectivity index (χ3n) is 5.62. The van der Waals surface area contributed by atoms with Crippen LogP contribution in [0.25, 0.3) is 16.9 Å². The first-order valence-corrected chi connectivity index (χ1v) is 11.4. The number of hydrogen-bond acceptors (Lipinski definition) is 6. The smallest absolute Gasteiger partial charge is 0.236 e. The van der Waals surface area contributed by atoms with E-state index in [1.165, 1.54) is 24.6 Å². The summed E-state index contributed by atoms with van der Waals surface area (Å²) in [5, 5.41) is 15.9. The van der Waals surface area contributed by atoms with Crippen LogP contribution in [0.15, 0.2) is 53.8 Å². The highest BCUT2D eigenvalue weighted by molar-refractivity contribution is 7.99. The number of carbonyl (C=O) groups excluding carboxylic acids is 1. The standard InChI is InChI=1S/C22H23N7OS/c1-15-8-7-13-28-20(15)24-19(16-9-3-2-4-10-16)21(28)23-18(30)14-31-22-25-26-27-29(22)17-11-5-6-12-17/h2-4,7-10,13,17H,5-6,11-12,14H2,1H3,(H,23,30). The number of hydrogen-bond donors (Lipinski definition) is 1. The highest BCUT2D eigenvalue weighted by atomic mass is 32.2. The van der Waals surface area contributed by atoms with Gasteiger partial charge >= 0.3 is 0 Å². The molecule has 3 heterocycles. The van der Waals surface area contributed by atoms with Crippen LogP contribution in [0.4, 0.5) is 5.82 Å². The fourth-order valence-electron chi connectivity index (χ4n) is 4.08. The first kappa shape index (κ1) is 19.7. The van der Waals surface area contributed by atoms with Gasteiger partial charge in [0.15, 0.2) is 0 Å². The first-order chi connectivity index (χ1) is 15.2. The summed E-state index contributed by atoms with van der Waals surface area (Å²) in [6.45, 7) is 2.02. The van der Waals surface area contributed by atoms with Gasteiger partial charge in [-0.1, -0.05) is 61.0 Å². The van der Waals surface area contributed by atoms with Crippen LogP contribution in [0, 0.1) is 6.92 Å². The lowest BCUT2D eigenvalue weighted by Crippen LogP contribution is -2.17. The largest absolute Gasteiger partial charge is 0.309 e. The molecule has 4 aromatic rings. The van der Waals surface area contributed by atoms with Crippen molar-refractivity contribution < 1.29 is 4.79 Å². The summed E-state index contributed by atoms with van der Waals surface area (Å²) in [7, 11) is 0. The van der Waals surface area contributed by atoms with E-state index in [4.69, 9.17) is 4.98 Å². The maximum absolute atomic E-state index is 12.9. The molecule has 31 heavy (non-hydrogen) atoms. The zero-order chi connectivity index (χ0) is 21.2. The molecule has 0 spiro atoms. The summed E-state index contributed by atoms with van der Waals surface area (Å²) < 4.78 is 3.81. The van der Waals surface area contributed by atoms with E-state index >= 15 is 0 Å². The van der Waals surface area contributed by atoms with Crippen LogP contribution in [0.5, 0.6) is 0 Å². The number of thioether (sulfide) groups is 1. The van der Waals surface area contributed by atoms with Crippen molar-refractivity contribution in [3.05, 3.63) is 54.2 Å². The van der Waals surface area contributed by atoms with Gasteiger partial charge < -0.3 is 5.32 Å². The molecule has 0 atom stereocenters. The van der Waals surface area contributed by atoms with Crippen LogP contribution in [0.1, 0.15) is 37.3 Å². The molecule has 1 aromatic carbocycles. The summed E-state index contributed by atoms with van der Waals surface area (Å²) in [6, 6.07) is 14.2. The van der Waals surface area contributed by atoms with E-state index < -0.39 is 0 Å². The van der Waals surface area contributed by atoms with E-state index in [9.17, 15) is 4.79 Å². The lowest BCUT2D eigenvalue weighted by molar-refractivity contribution is -0.113. The van der Waals surface area contributed by atoms with Crippen LogP contribution >= 0.6 is 11.8 Å². The summed E-state index contributed by atoms with van der Waals surface area (Å²) in [6.07, 6.45) is 6.50. The third kappa shape index (κ3) is 3.93. The number of fused-ring (bicyclic) bond motifs is 1. The van der Waals surface area contributed by atoms with E-state index in [2.05, 4.69) is 20.8 Å². The summed E-state index contributed by atoms with van der Waals surface area (Å²) in [5.74, 6) is 0.776. The van der Waals surface area contributed by atoms with Crippen molar-refractivity contribution in [1.82, 2.24) is 29.6 Å². The van der Waals surface area contributed by atoms with Crippen LogP contribution in [0.3, 0.4) is 0 Å². The topological polar surface area (TPSA) is 90.0 Å². The van der Waals surface area contributed by atoms with Crippen LogP contribution in [0.2, 0.25) is 0 Å². The van der Waals surface area contributed by atoms with Gasteiger partial charge in [0.05, 0.1) is 11.8 Å². The summed E-state index contributed by atoms with van der Waals surface area (Å²) in [4.78, 5) is 17.7. The van der Waals surface area contributed by atoms with Gasteiger partial charge in [-0.05, 0) is 41.8 Å². The molecule has 1 N–H and O–H groups in total. The van der Waals surface area contributed by atoms with Crippen molar-refractivity contribution in [2.75, 3.05) is 11.1 Å². The maximum Gasteiger partial charge on any atom is 0.236 e. The summed E-state index contributed by atoms with van der Waals surface area (Å²) >= 11 is 1.37. The molecule has 8 nitrogen and oxygen atoms in total.